The summed E-state index contributed by atoms with van der Waals surface area (Å²) in [6, 6.07) is 7.61. The molecule has 3 rings (SSSR count). The van der Waals surface area contributed by atoms with E-state index in [1.807, 2.05) is 31.3 Å². The first kappa shape index (κ1) is 14.6. The van der Waals surface area contributed by atoms with Crippen LogP contribution < -0.4 is 0 Å². The van der Waals surface area contributed by atoms with E-state index in [0.29, 0.717) is 12.2 Å². The van der Waals surface area contributed by atoms with Crippen molar-refractivity contribution in [2.24, 2.45) is 5.16 Å². The molecule has 0 unspecified atom stereocenters. The molecule has 0 amide bonds. The summed E-state index contributed by atoms with van der Waals surface area (Å²) >= 11 is 0. The zero-order chi connectivity index (χ0) is 15.7. The van der Waals surface area contributed by atoms with E-state index < -0.39 is 0 Å². The molecule has 1 aliphatic heterocycles. The lowest BCUT2D eigenvalue weighted by atomic mass is 9.89. The highest BCUT2D eigenvalue weighted by molar-refractivity contribution is 6.28. The summed E-state index contributed by atoms with van der Waals surface area (Å²) in [7, 11) is 3.53. The average Bonchev–Trinajstić information content (AvgIpc) is 2.86. The predicted octanol–water partition coefficient (Wildman–Crippen LogP) is 2.45. The van der Waals surface area contributed by atoms with Gasteiger partial charge in [-0.05, 0) is 6.42 Å². The molecule has 2 aliphatic rings. The first-order chi connectivity index (χ1) is 10.7. The fourth-order valence-corrected chi connectivity index (χ4v) is 3.13. The number of oxime groups is 1. The number of Topliss-reactive ketones (excluding diaryl/α,β-unsaturated/α-hetero) is 1. The van der Waals surface area contributed by atoms with Gasteiger partial charge in [-0.3, -0.25) is 4.79 Å². The Morgan fingerprint density at radius 3 is 2.64 bits per heavy atom. The number of likely N-dealkylation sites (N-methyl/N-ethyl adjacent to an activating group) is 1. The topological polar surface area (TPSA) is 45.1 Å². The van der Waals surface area contributed by atoms with E-state index in [9.17, 15) is 4.79 Å². The van der Waals surface area contributed by atoms with Crippen molar-refractivity contribution in [3.05, 3.63) is 46.8 Å². The molecule has 0 atom stereocenters. The molecule has 0 aromatic heterocycles. The van der Waals surface area contributed by atoms with Crippen LogP contribution in [0.2, 0.25) is 0 Å². The molecule has 0 saturated heterocycles. The smallest absolute Gasteiger partial charge is 0.212 e. The minimum absolute atomic E-state index is 0.0844. The van der Waals surface area contributed by atoms with Gasteiger partial charge in [0.1, 0.15) is 18.5 Å². The number of hydrogen-bond donors (Lipinski definition) is 0. The van der Waals surface area contributed by atoms with E-state index >= 15 is 0 Å². The molecule has 22 heavy (non-hydrogen) atoms. The molecule has 0 N–H and O–H groups in total. The van der Waals surface area contributed by atoms with Gasteiger partial charge in [-0.25, -0.2) is 0 Å². The van der Waals surface area contributed by atoms with Gasteiger partial charge in [0.15, 0.2) is 0 Å². The largest absolute Gasteiger partial charge is 0.399 e. The van der Waals surface area contributed by atoms with Gasteiger partial charge in [-0.2, -0.15) is 0 Å². The standard InChI is InChI=1S/C17H21N3O2/c1-4-5-10-20-11-19(2)15-14(18-22-3)12-8-6-7-9-13(12)17(21)16(15)20/h6-9H,4-5,10-11H2,1-3H3/b18-14-. The molecule has 5 heteroatoms. The van der Waals surface area contributed by atoms with E-state index in [0.717, 1.165) is 42.1 Å². The summed E-state index contributed by atoms with van der Waals surface area (Å²) in [4.78, 5) is 22.2. The van der Waals surface area contributed by atoms with Gasteiger partial charge >= 0.3 is 0 Å². The number of allylic oxidation sites excluding steroid dienone is 2. The van der Waals surface area contributed by atoms with Crippen molar-refractivity contribution in [2.45, 2.75) is 19.8 Å². The number of carbonyl (C=O) groups excluding carboxylic acids is 1. The second-order valence-electron chi connectivity index (χ2n) is 5.65. The van der Waals surface area contributed by atoms with Gasteiger partial charge in [0, 0.05) is 24.7 Å². The van der Waals surface area contributed by atoms with Crippen LogP contribution in [-0.2, 0) is 4.84 Å². The van der Waals surface area contributed by atoms with Crippen LogP contribution in [0.5, 0.6) is 0 Å². The fourth-order valence-electron chi connectivity index (χ4n) is 3.13. The van der Waals surface area contributed by atoms with Gasteiger partial charge in [0.05, 0.1) is 12.4 Å². The normalized spacial score (nSPS) is 18.9. The number of hydrogen-bond acceptors (Lipinski definition) is 5. The summed E-state index contributed by atoms with van der Waals surface area (Å²) in [5, 5.41) is 4.21. The highest BCUT2D eigenvalue weighted by Crippen LogP contribution is 2.34. The Morgan fingerprint density at radius 1 is 1.23 bits per heavy atom. The van der Waals surface area contributed by atoms with Crippen LogP contribution in [0.3, 0.4) is 0 Å². The molecule has 116 valence electrons. The van der Waals surface area contributed by atoms with Gasteiger partial charge in [0.2, 0.25) is 5.78 Å². The summed E-state index contributed by atoms with van der Waals surface area (Å²) in [6.07, 6.45) is 2.17. The zero-order valence-corrected chi connectivity index (χ0v) is 13.3. The van der Waals surface area contributed by atoms with Crippen LogP contribution in [0.25, 0.3) is 0 Å². The molecule has 1 aromatic rings. The summed E-state index contributed by atoms with van der Waals surface area (Å²) in [5.74, 6) is 0.0844. The van der Waals surface area contributed by atoms with Crippen molar-refractivity contribution in [2.75, 3.05) is 27.4 Å². The van der Waals surface area contributed by atoms with Crippen molar-refractivity contribution >= 4 is 11.5 Å². The third kappa shape index (κ3) is 2.17. The second-order valence-corrected chi connectivity index (χ2v) is 5.65. The molecule has 5 nitrogen and oxygen atoms in total. The molecular formula is C17H21N3O2. The Bertz CT molecular complexity index is 664. The number of fused-ring (bicyclic) bond motifs is 1. The Hall–Kier alpha value is -2.30. The number of benzene rings is 1. The number of carbonyl (C=O) groups is 1. The zero-order valence-electron chi connectivity index (χ0n) is 13.3. The maximum absolute atomic E-state index is 12.9. The van der Waals surface area contributed by atoms with Crippen molar-refractivity contribution in [3.63, 3.8) is 0 Å². The molecule has 1 aliphatic carbocycles. The highest BCUT2D eigenvalue weighted by atomic mass is 16.6. The first-order valence-electron chi connectivity index (χ1n) is 7.65. The van der Waals surface area contributed by atoms with Crippen LogP contribution in [0.15, 0.2) is 40.8 Å². The Morgan fingerprint density at radius 2 is 1.95 bits per heavy atom. The van der Waals surface area contributed by atoms with Crippen molar-refractivity contribution in [1.29, 1.82) is 0 Å². The fraction of sp³-hybridized carbons (Fsp3) is 0.412. The number of unbranched alkanes of at least 4 members (excludes halogenated alkanes) is 1. The summed E-state index contributed by atoms with van der Waals surface area (Å²) in [5.41, 5.74) is 3.92. The molecule has 0 spiro atoms. The minimum Gasteiger partial charge on any atom is -0.399 e. The maximum Gasteiger partial charge on any atom is 0.212 e. The maximum atomic E-state index is 12.9. The summed E-state index contributed by atoms with van der Waals surface area (Å²) in [6.45, 7) is 3.76. The Kier molecular flexibility index (Phi) is 3.88. The minimum atomic E-state index is 0.0844. The Balaban J connectivity index is 2.13. The van der Waals surface area contributed by atoms with Crippen LogP contribution in [0.1, 0.15) is 35.7 Å². The van der Waals surface area contributed by atoms with Crippen molar-refractivity contribution in [3.8, 4) is 0 Å². The van der Waals surface area contributed by atoms with Crippen molar-refractivity contribution in [1.82, 2.24) is 9.80 Å². The summed E-state index contributed by atoms with van der Waals surface area (Å²) < 4.78 is 0. The molecular weight excluding hydrogens is 278 g/mol. The van der Waals surface area contributed by atoms with Gasteiger partial charge in [-0.15, -0.1) is 0 Å². The quantitative estimate of drug-likeness (QED) is 0.801. The molecule has 0 saturated carbocycles. The van der Waals surface area contributed by atoms with E-state index in [2.05, 4.69) is 21.9 Å². The average molecular weight is 299 g/mol. The highest BCUT2D eigenvalue weighted by Gasteiger charge is 2.40. The lowest BCUT2D eigenvalue weighted by Crippen LogP contribution is -2.29. The lowest BCUT2D eigenvalue weighted by molar-refractivity contribution is 0.0992. The van der Waals surface area contributed by atoms with Gasteiger partial charge in [-0.1, -0.05) is 42.8 Å². The van der Waals surface area contributed by atoms with Crippen LogP contribution in [0, 0.1) is 0 Å². The second kappa shape index (κ2) is 5.83. The molecule has 1 heterocycles. The first-order valence-corrected chi connectivity index (χ1v) is 7.65. The molecule has 0 bridgehead atoms. The van der Waals surface area contributed by atoms with Crippen LogP contribution >= 0.6 is 0 Å². The monoisotopic (exact) mass is 299 g/mol. The van der Waals surface area contributed by atoms with E-state index in [1.54, 1.807) is 0 Å². The Labute approximate surface area is 130 Å². The molecule has 1 aromatic carbocycles. The third-order valence-corrected chi connectivity index (χ3v) is 4.14. The van der Waals surface area contributed by atoms with Crippen LogP contribution in [-0.4, -0.2) is 48.7 Å². The SMILES string of the molecule is CCCCN1CN(C)C2=C1C(=O)c1ccccc1/C2=N/OC. The van der Waals surface area contributed by atoms with E-state index in [-0.39, 0.29) is 5.78 Å². The molecule has 0 radical (unpaired) electrons. The lowest BCUT2D eigenvalue weighted by Gasteiger charge is -2.23. The third-order valence-electron chi connectivity index (χ3n) is 4.14. The van der Waals surface area contributed by atoms with Gasteiger partial charge in [0.25, 0.3) is 0 Å². The van der Waals surface area contributed by atoms with E-state index in [1.165, 1.54) is 7.11 Å². The number of nitrogens with zero attached hydrogens (tertiary/aromatic N) is 3. The van der Waals surface area contributed by atoms with Crippen LogP contribution in [0.4, 0.5) is 0 Å². The number of rotatable bonds is 4. The van der Waals surface area contributed by atoms with Crippen molar-refractivity contribution < 1.29 is 9.63 Å². The van der Waals surface area contributed by atoms with E-state index in [4.69, 9.17) is 4.84 Å². The number of ketones is 1. The molecule has 0 fully saturated rings. The van der Waals surface area contributed by atoms with Gasteiger partial charge < -0.3 is 14.6 Å². The predicted molar refractivity (Wildman–Crippen MR) is 85.6 cm³/mol.